The number of anilines is 2. The third-order valence-corrected chi connectivity index (χ3v) is 4.52. The highest BCUT2D eigenvalue weighted by atomic mass is 19.1. The third kappa shape index (κ3) is 3.56. The minimum atomic E-state index is -0.883. The van der Waals surface area contributed by atoms with Crippen LogP contribution in [0.2, 0.25) is 0 Å². The topological polar surface area (TPSA) is 97.4 Å². The lowest BCUT2D eigenvalue weighted by molar-refractivity contribution is -0.121. The van der Waals surface area contributed by atoms with E-state index in [1.807, 2.05) is 0 Å². The van der Waals surface area contributed by atoms with Gasteiger partial charge in [-0.2, -0.15) is 0 Å². The molecule has 1 aromatic heterocycles. The van der Waals surface area contributed by atoms with Crippen LogP contribution in [0.25, 0.3) is 0 Å². The number of hydrogen-bond acceptors (Lipinski definition) is 4. The molecule has 1 heterocycles. The first kappa shape index (κ1) is 17.2. The van der Waals surface area contributed by atoms with Gasteiger partial charge in [0, 0.05) is 5.69 Å². The van der Waals surface area contributed by atoms with Crippen molar-refractivity contribution >= 4 is 23.2 Å². The molecule has 0 atom stereocenters. The molecule has 25 heavy (non-hydrogen) atoms. The molecule has 0 spiro atoms. The minimum absolute atomic E-state index is 0.0270. The van der Waals surface area contributed by atoms with Crippen LogP contribution in [0.15, 0.2) is 34.9 Å². The number of nitrogens with one attached hydrogen (secondary N) is 2. The van der Waals surface area contributed by atoms with E-state index in [1.165, 1.54) is 30.5 Å². The zero-order valence-electron chi connectivity index (χ0n) is 13.9. The summed E-state index contributed by atoms with van der Waals surface area (Å²) >= 11 is 0. The Bertz CT molecular complexity index is 810. The van der Waals surface area contributed by atoms with Crippen LogP contribution in [-0.2, 0) is 4.79 Å². The maximum atomic E-state index is 14.0. The molecular formula is C18H20FN3O3. The highest BCUT2D eigenvalue weighted by molar-refractivity contribution is 6.05. The number of hydrogen-bond donors (Lipinski definition) is 3. The largest absolute Gasteiger partial charge is 0.469 e. The first-order valence-corrected chi connectivity index (χ1v) is 8.14. The summed E-state index contributed by atoms with van der Waals surface area (Å²) in [6.45, 7) is 1.64. The highest BCUT2D eigenvalue weighted by Gasteiger charge is 2.37. The van der Waals surface area contributed by atoms with E-state index in [0.29, 0.717) is 29.9 Å². The number of aryl methyl sites for hydroxylation is 1. The minimum Gasteiger partial charge on any atom is -0.469 e. The number of furan rings is 1. The molecule has 1 fully saturated rings. The summed E-state index contributed by atoms with van der Waals surface area (Å²) in [6, 6.07) is 5.50. The molecular weight excluding hydrogens is 325 g/mol. The summed E-state index contributed by atoms with van der Waals surface area (Å²) in [7, 11) is 0. The van der Waals surface area contributed by atoms with Crippen LogP contribution in [0.3, 0.4) is 0 Å². The molecule has 2 amide bonds. The Kier molecular flexibility index (Phi) is 4.59. The predicted molar refractivity (Wildman–Crippen MR) is 91.8 cm³/mol. The average molecular weight is 345 g/mol. The maximum absolute atomic E-state index is 14.0. The fourth-order valence-electron chi connectivity index (χ4n) is 3.00. The van der Waals surface area contributed by atoms with E-state index >= 15 is 0 Å². The molecule has 132 valence electrons. The number of carbonyl (C=O) groups excluding carboxylic acids is 2. The van der Waals surface area contributed by atoms with E-state index in [0.717, 1.165) is 12.8 Å². The molecule has 4 N–H and O–H groups in total. The molecule has 0 aliphatic heterocycles. The Balaban J connectivity index is 1.75. The second kappa shape index (κ2) is 6.68. The van der Waals surface area contributed by atoms with Gasteiger partial charge in [-0.25, -0.2) is 4.39 Å². The number of nitrogens with two attached hydrogens (primary N) is 1. The molecule has 1 aliphatic rings. The van der Waals surface area contributed by atoms with Gasteiger partial charge in [0.1, 0.15) is 11.6 Å². The molecule has 0 saturated heterocycles. The number of benzene rings is 1. The van der Waals surface area contributed by atoms with E-state index < -0.39 is 17.3 Å². The molecule has 1 saturated carbocycles. The van der Waals surface area contributed by atoms with Crippen LogP contribution < -0.4 is 16.4 Å². The van der Waals surface area contributed by atoms with E-state index in [9.17, 15) is 14.0 Å². The molecule has 1 aromatic carbocycles. The Morgan fingerprint density at radius 2 is 1.92 bits per heavy atom. The SMILES string of the molecule is Cc1occc1C(=O)Nc1cc(NC(=O)C2(N)CCCC2)ccc1F. The second-order valence-corrected chi connectivity index (χ2v) is 6.36. The summed E-state index contributed by atoms with van der Waals surface area (Å²) in [4.78, 5) is 24.6. The summed E-state index contributed by atoms with van der Waals surface area (Å²) in [5.74, 6) is -0.941. The molecule has 0 radical (unpaired) electrons. The van der Waals surface area contributed by atoms with Gasteiger partial charge in [0.05, 0.1) is 23.1 Å². The van der Waals surface area contributed by atoms with Crippen LogP contribution in [0, 0.1) is 12.7 Å². The Hall–Kier alpha value is -2.67. The van der Waals surface area contributed by atoms with Gasteiger partial charge in [-0.05, 0) is 44.0 Å². The van der Waals surface area contributed by atoms with E-state index in [2.05, 4.69) is 10.6 Å². The predicted octanol–water partition coefficient (Wildman–Crippen LogP) is 3.19. The van der Waals surface area contributed by atoms with Crippen molar-refractivity contribution in [2.24, 2.45) is 5.73 Å². The maximum Gasteiger partial charge on any atom is 0.259 e. The molecule has 3 rings (SSSR count). The summed E-state index contributed by atoms with van der Waals surface area (Å²) in [5.41, 5.74) is 5.90. The van der Waals surface area contributed by atoms with Gasteiger partial charge in [0.15, 0.2) is 0 Å². The first-order valence-electron chi connectivity index (χ1n) is 8.14. The van der Waals surface area contributed by atoms with Gasteiger partial charge in [-0.1, -0.05) is 12.8 Å². The quantitative estimate of drug-likeness (QED) is 0.793. The van der Waals surface area contributed by atoms with Crippen LogP contribution in [0.5, 0.6) is 0 Å². The van der Waals surface area contributed by atoms with Crippen molar-refractivity contribution in [3.8, 4) is 0 Å². The van der Waals surface area contributed by atoms with Gasteiger partial charge in [0.2, 0.25) is 5.91 Å². The van der Waals surface area contributed by atoms with Crippen molar-refractivity contribution in [3.63, 3.8) is 0 Å². The Morgan fingerprint density at radius 3 is 2.56 bits per heavy atom. The Labute approximate surface area is 144 Å². The lowest BCUT2D eigenvalue weighted by atomic mass is 9.98. The smallest absolute Gasteiger partial charge is 0.259 e. The van der Waals surface area contributed by atoms with E-state index in [4.69, 9.17) is 10.2 Å². The summed E-state index contributed by atoms with van der Waals surface area (Å²) < 4.78 is 19.1. The number of carbonyl (C=O) groups is 2. The average Bonchev–Trinajstić information content (AvgIpc) is 3.20. The molecule has 6 nitrogen and oxygen atoms in total. The summed E-state index contributed by atoms with van der Waals surface area (Å²) in [5, 5.41) is 5.20. The molecule has 1 aliphatic carbocycles. The van der Waals surface area contributed by atoms with E-state index in [1.54, 1.807) is 6.92 Å². The number of rotatable bonds is 4. The van der Waals surface area contributed by atoms with Crippen molar-refractivity contribution < 1.29 is 18.4 Å². The molecule has 7 heteroatoms. The van der Waals surface area contributed by atoms with Crippen molar-refractivity contribution in [3.05, 3.63) is 47.7 Å². The zero-order chi connectivity index (χ0) is 18.0. The fourth-order valence-corrected chi connectivity index (χ4v) is 3.00. The molecule has 2 aromatic rings. The van der Waals surface area contributed by atoms with Gasteiger partial charge in [0.25, 0.3) is 5.91 Å². The lowest BCUT2D eigenvalue weighted by Gasteiger charge is -2.22. The first-order chi connectivity index (χ1) is 11.9. The normalized spacial score (nSPS) is 15.8. The third-order valence-electron chi connectivity index (χ3n) is 4.52. The number of halogens is 1. The van der Waals surface area contributed by atoms with Crippen molar-refractivity contribution in [1.82, 2.24) is 0 Å². The molecule has 0 bridgehead atoms. The fraction of sp³-hybridized carbons (Fsp3) is 0.333. The standard InChI is InChI=1S/C18H20FN3O3/c1-11-13(6-9-25-11)16(23)22-15-10-12(4-5-14(15)19)21-17(24)18(20)7-2-3-8-18/h4-6,9-10H,2-3,7-8,20H2,1H3,(H,21,24)(H,22,23). The van der Waals surface area contributed by atoms with Gasteiger partial charge < -0.3 is 20.8 Å². The van der Waals surface area contributed by atoms with E-state index in [-0.39, 0.29) is 11.6 Å². The van der Waals surface area contributed by atoms with Crippen molar-refractivity contribution in [1.29, 1.82) is 0 Å². The van der Waals surface area contributed by atoms with Gasteiger partial charge in [-0.15, -0.1) is 0 Å². The highest BCUT2D eigenvalue weighted by Crippen LogP contribution is 2.29. The zero-order valence-corrected chi connectivity index (χ0v) is 13.9. The monoisotopic (exact) mass is 345 g/mol. The summed E-state index contributed by atoms with van der Waals surface area (Å²) in [6.07, 6.45) is 4.48. The van der Waals surface area contributed by atoms with Crippen LogP contribution in [0.1, 0.15) is 41.8 Å². The van der Waals surface area contributed by atoms with Crippen LogP contribution >= 0.6 is 0 Å². The van der Waals surface area contributed by atoms with Crippen LogP contribution in [0.4, 0.5) is 15.8 Å². The number of amides is 2. The van der Waals surface area contributed by atoms with Crippen molar-refractivity contribution in [2.75, 3.05) is 10.6 Å². The molecule has 0 unspecified atom stereocenters. The second-order valence-electron chi connectivity index (χ2n) is 6.36. The van der Waals surface area contributed by atoms with Gasteiger partial charge in [-0.3, -0.25) is 9.59 Å². The lowest BCUT2D eigenvalue weighted by Crippen LogP contribution is -2.48. The van der Waals surface area contributed by atoms with Gasteiger partial charge >= 0.3 is 0 Å². The van der Waals surface area contributed by atoms with Crippen molar-refractivity contribution in [2.45, 2.75) is 38.1 Å². The Morgan fingerprint density at radius 1 is 1.20 bits per heavy atom. The van der Waals surface area contributed by atoms with Crippen LogP contribution in [-0.4, -0.2) is 17.4 Å².